The number of nitrogens with one attached hydrogen (secondary N) is 1. The first-order chi connectivity index (χ1) is 7.88. The average Bonchev–Trinajstić information content (AvgIpc) is 2.85. The lowest BCUT2D eigenvalue weighted by molar-refractivity contribution is -0.0262. The van der Waals surface area contributed by atoms with Crippen molar-refractivity contribution in [1.82, 2.24) is 10.2 Å². The summed E-state index contributed by atoms with van der Waals surface area (Å²) in [6.45, 7) is 7.10. The molecule has 0 radical (unpaired) electrons. The third-order valence-corrected chi connectivity index (χ3v) is 4.96. The molecule has 0 aromatic heterocycles. The zero-order valence-electron chi connectivity index (χ0n) is 11.0. The van der Waals surface area contributed by atoms with Gasteiger partial charge >= 0.3 is 0 Å². The summed E-state index contributed by atoms with van der Waals surface area (Å²) in [4.78, 5) is 2.72. The van der Waals surface area contributed by atoms with Crippen molar-refractivity contribution in [3.8, 4) is 0 Å². The zero-order valence-corrected chi connectivity index (χ0v) is 12.7. The van der Waals surface area contributed by atoms with E-state index in [-0.39, 0.29) is 24.8 Å². The SMILES string of the molecule is C1C[C@H](N2CCC3(CCOCC3)CC2)CN1.Cl.Cl. The van der Waals surface area contributed by atoms with E-state index in [1.54, 1.807) is 0 Å². The second-order valence-corrected chi connectivity index (χ2v) is 5.79. The minimum atomic E-state index is 0. The molecule has 3 nitrogen and oxygen atoms in total. The lowest BCUT2D eigenvalue weighted by Crippen LogP contribution is -2.47. The molecule has 0 aliphatic carbocycles. The maximum Gasteiger partial charge on any atom is 0.0471 e. The minimum Gasteiger partial charge on any atom is -0.381 e. The molecule has 3 rings (SSSR count). The van der Waals surface area contributed by atoms with E-state index < -0.39 is 0 Å². The Bertz CT molecular complexity index is 231. The van der Waals surface area contributed by atoms with Gasteiger partial charge in [0.15, 0.2) is 0 Å². The maximum absolute atomic E-state index is 5.50. The van der Waals surface area contributed by atoms with Gasteiger partial charge in [0, 0.05) is 25.8 Å². The van der Waals surface area contributed by atoms with E-state index in [4.69, 9.17) is 4.74 Å². The quantitative estimate of drug-likeness (QED) is 0.802. The van der Waals surface area contributed by atoms with Gasteiger partial charge < -0.3 is 10.1 Å². The Kier molecular flexibility index (Phi) is 6.70. The standard InChI is InChI=1S/C13H24N2O.2ClH/c1-6-14-11-12(1)15-7-2-13(3-8-15)4-9-16-10-5-13;;/h12,14H,1-11H2;2*1H/t12-;;/m0../s1. The van der Waals surface area contributed by atoms with Crippen LogP contribution in [0.4, 0.5) is 0 Å². The summed E-state index contributed by atoms with van der Waals surface area (Å²) < 4.78 is 5.50. The van der Waals surface area contributed by atoms with Crippen molar-refractivity contribution in [2.45, 2.75) is 38.1 Å². The first kappa shape index (κ1) is 16.5. The molecule has 3 saturated heterocycles. The van der Waals surface area contributed by atoms with Crippen LogP contribution in [-0.2, 0) is 4.74 Å². The van der Waals surface area contributed by atoms with Crippen LogP contribution < -0.4 is 5.32 Å². The number of hydrogen-bond donors (Lipinski definition) is 1. The van der Waals surface area contributed by atoms with Crippen LogP contribution >= 0.6 is 24.8 Å². The maximum atomic E-state index is 5.50. The third-order valence-electron chi connectivity index (χ3n) is 4.96. The molecule has 0 bridgehead atoms. The number of nitrogens with zero attached hydrogens (tertiary/aromatic N) is 1. The van der Waals surface area contributed by atoms with Gasteiger partial charge in [-0.2, -0.15) is 0 Å². The van der Waals surface area contributed by atoms with Crippen LogP contribution in [0.15, 0.2) is 0 Å². The Morgan fingerprint density at radius 3 is 2.22 bits per heavy atom. The van der Waals surface area contributed by atoms with Crippen LogP contribution in [0.3, 0.4) is 0 Å². The van der Waals surface area contributed by atoms with Crippen molar-refractivity contribution in [3.05, 3.63) is 0 Å². The van der Waals surface area contributed by atoms with E-state index in [0.29, 0.717) is 5.41 Å². The highest BCUT2D eigenvalue weighted by Crippen LogP contribution is 2.41. The predicted octanol–water partition coefficient (Wildman–Crippen LogP) is 2.08. The highest BCUT2D eigenvalue weighted by atomic mass is 35.5. The first-order valence-electron chi connectivity index (χ1n) is 6.91. The lowest BCUT2D eigenvalue weighted by atomic mass is 9.72. The van der Waals surface area contributed by atoms with E-state index in [1.165, 1.54) is 58.3 Å². The summed E-state index contributed by atoms with van der Waals surface area (Å²) in [5, 5.41) is 3.48. The smallest absolute Gasteiger partial charge is 0.0471 e. The summed E-state index contributed by atoms with van der Waals surface area (Å²) in [6, 6.07) is 0.831. The van der Waals surface area contributed by atoms with Gasteiger partial charge in [-0.05, 0) is 57.2 Å². The second kappa shape index (κ2) is 7.30. The van der Waals surface area contributed by atoms with Crippen LogP contribution in [-0.4, -0.2) is 50.3 Å². The summed E-state index contributed by atoms with van der Waals surface area (Å²) in [7, 11) is 0. The van der Waals surface area contributed by atoms with Crippen molar-refractivity contribution in [1.29, 1.82) is 0 Å². The van der Waals surface area contributed by atoms with Crippen LogP contribution in [0, 0.1) is 5.41 Å². The molecule has 108 valence electrons. The number of hydrogen-bond acceptors (Lipinski definition) is 3. The second-order valence-electron chi connectivity index (χ2n) is 5.79. The van der Waals surface area contributed by atoms with Crippen LogP contribution in [0.25, 0.3) is 0 Å². The Balaban J connectivity index is 0.000000810. The largest absolute Gasteiger partial charge is 0.381 e. The predicted molar refractivity (Wildman–Crippen MR) is 79.1 cm³/mol. The molecule has 1 N–H and O–H groups in total. The fourth-order valence-electron chi connectivity index (χ4n) is 3.62. The molecular formula is C13H26Cl2N2O. The van der Waals surface area contributed by atoms with Crippen LogP contribution in [0.5, 0.6) is 0 Å². The van der Waals surface area contributed by atoms with Gasteiger partial charge in [0.05, 0.1) is 0 Å². The average molecular weight is 297 g/mol. The van der Waals surface area contributed by atoms with Crippen molar-refractivity contribution >= 4 is 24.8 Å². The van der Waals surface area contributed by atoms with Crippen molar-refractivity contribution in [2.24, 2.45) is 5.41 Å². The molecule has 0 aromatic rings. The van der Waals surface area contributed by atoms with Gasteiger partial charge in [-0.15, -0.1) is 24.8 Å². The molecule has 5 heteroatoms. The Hall–Kier alpha value is 0.460. The molecular weight excluding hydrogens is 271 g/mol. The topological polar surface area (TPSA) is 24.5 Å². The molecule has 1 spiro atoms. The van der Waals surface area contributed by atoms with Crippen LogP contribution in [0.1, 0.15) is 32.1 Å². The summed E-state index contributed by atoms with van der Waals surface area (Å²) in [5.41, 5.74) is 0.654. The summed E-state index contributed by atoms with van der Waals surface area (Å²) in [5.74, 6) is 0. The minimum absolute atomic E-state index is 0. The molecule has 3 fully saturated rings. The summed E-state index contributed by atoms with van der Waals surface area (Å²) >= 11 is 0. The van der Waals surface area contributed by atoms with E-state index in [9.17, 15) is 0 Å². The number of likely N-dealkylation sites (tertiary alicyclic amines) is 1. The molecule has 18 heavy (non-hydrogen) atoms. The molecule has 0 amide bonds. The van der Waals surface area contributed by atoms with Crippen molar-refractivity contribution < 1.29 is 4.74 Å². The molecule has 0 saturated carbocycles. The van der Waals surface area contributed by atoms with E-state index >= 15 is 0 Å². The van der Waals surface area contributed by atoms with Crippen molar-refractivity contribution in [3.63, 3.8) is 0 Å². The third kappa shape index (κ3) is 3.51. The lowest BCUT2D eigenvalue weighted by Gasteiger charge is -2.45. The molecule has 1 atom stereocenters. The Labute approximate surface area is 123 Å². The van der Waals surface area contributed by atoms with Gasteiger partial charge in [0.1, 0.15) is 0 Å². The Morgan fingerprint density at radius 2 is 1.67 bits per heavy atom. The molecule has 3 aliphatic heterocycles. The normalized spacial score (nSPS) is 31.7. The van der Waals surface area contributed by atoms with Gasteiger partial charge in [-0.1, -0.05) is 0 Å². The van der Waals surface area contributed by atoms with Gasteiger partial charge in [0.25, 0.3) is 0 Å². The first-order valence-corrected chi connectivity index (χ1v) is 6.91. The molecule has 0 unspecified atom stereocenters. The number of piperidine rings is 1. The van der Waals surface area contributed by atoms with E-state index in [2.05, 4.69) is 10.2 Å². The number of ether oxygens (including phenoxy) is 1. The van der Waals surface area contributed by atoms with E-state index in [1.807, 2.05) is 0 Å². The van der Waals surface area contributed by atoms with Gasteiger partial charge in [-0.3, -0.25) is 4.90 Å². The fraction of sp³-hybridized carbons (Fsp3) is 1.00. The zero-order chi connectivity index (χ0) is 10.8. The Morgan fingerprint density at radius 1 is 1.00 bits per heavy atom. The summed E-state index contributed by atoms with van der Waals surface area (Å²) in [6.07, 6.45) is 6.79. The van der Waals surface area contributed by atoms with Gasteiger partial charge in [0.2, 0.25) is 0 Å². The van der Waals surface area contributed by atoms with Crippen molar-refractivity contribution in [2.75, 3.05) is 39.4 Å². The van der Waals surface area contributed by atoms with Crippen LogP contribution in [0.2, 0.25) is 0 Å². The molecule has 0 aromatic carbocycles. The monoisotopic (exact) mass is 296 g/mol. The van der Waals surface area contributed by atoms with E-state index in [0.717, 1.165) is 19.3 Å². The molecule has 3 aliphatic rings. The fourth-order valence-corrected chi connectivity index (χ4v) is 3.62. The van der Waals surface area contributed by atoms with Gasteiger partial charge in [-0.25, -0.2) is 0 Å². The number of halogens is 2. The highest BCUT2D eigenvalue weighted by Gasteiger charge is 2.37. The highest BCUT2D eigenvalue weighted by molar-refractivity contribution is 5.85. The number of rotatable bonds is 1. The molecule has 3 heterocycles.